The molecule has 0 atom stereocenters. The number of anilines is 1. The molecule has 12 heteroatoms. The molecule has 3 heterocycles. The first-order valence-corrected chi connectivity index (χ1v) is 13.6. The summed E-state index contributed by atoms with van der Waals surface area (Å²) in [5.41, 5.74) is 9.48. The second-order valence-electron chi connectivity index (χ2n) is 10.4. The van der Waals surface area contributed by atoms with Gasteiger partial charge in [-0.3, -0.25) is 14.1 Å². The van der Waals surface area contributed by atoms with Crippen molar-refractivity contribution in [2.75, 3.05) is 26.4 Å². The van der Waals surface area contributed by atoms with E-state index in [0.29, 0.717) is 34.8 Å². The number of carboxylic acid groups (broad SMARTS) is 1. The SMILES string of the molecule is CN(C)CC(=O)O.Cc1ncc(COc2cc(F)cc(Oc3ccc(-c4nc(C5CC5)n5ccnc(N)c45)cc3)c2)cn1. The Morgan fingerprint density at radius 1 is 1.07 bits per heavy atom. The van der Waals surface area contributed by atoms with Crippen molar-refractivity contribution in [3.05, 3.63) is 90.3 Å². The van der Waals surface area contributed by atoms with Crippen molar-refractivity contribution in [1.29, 1.82) is 0 Å². The summed E-state index contributed by atoms with van der Waals surface area (Å²) in [7, 11) is 3.43. The van der Waals surface area contributed by atoms with Crippen LogP contribution in [-0.2, 0) is 11.4 Å². The normalized spacial score (nSPS) is 12.6. The molecule has 0 amide bonds. The highest BCUT2D eigenvalue weighted by Crippen LogP contribution is 2.42. The van der Waals surface area contributed by atoms with Crippen LogP contribution in [0.3, 0.4) is 0 Å². The van der Waals surface area contributed by atoms with Crippen molar-refractivity contribution in [2.45, 2.75) is 32.3 Å². The molecule has 222 valence electrons. The summed E-state index contributed by atoms with van der Waals surface area (Å²) in [5.74, 6) is 2.57. The van der Waals surface area contributed by atoms with Crippen LogP contribution in [0, 0.1) is 12.7 Å². The molecule has 0 saturated heterocycles. The van der Waals surface area contributed by atoms with Gasteiger partial charge in [0.2, 0.25) is 0 Å². The number of fused-ring (bicyclic) bond motifs is 1. The number of nitrogen functional groups attached to an aromatic ring is 1. The van der Waals surface area contributed by atoms with Crippen molar-refractivity contribution in [2.24, 2.45) is 0 Å². The third-order valence-electron chi connectivity index (χ3n) is 6.45. The standard InChI is InChI=1S/C27H23FN6O2.C4H9NO2/c1-16-31-13-17(14-32-16)15-35-22-10-20(28)11-23(12-22)36-21-6-4-18(5-7-21)24-25-26(29)30-8-9-34(25)27(33-24)19-2-3-19;1-5(2)3-4(6)7/h4-14,19H,2-3,15H2,1H3,(H2,29,30);3H2,1-2H3,(H,6,7). The molecule has 0 unspecified atom stereocenters. The average molecular weight is 586 g/mol. The molecule has 0 spiro atoms. The van der Waals surface area contributed by atoms with E-state index in [4.69, 9.17) is 25.3 Å². The van der Waals surface area contributed by atoms with Crippen LogP contribution in [0.4, 0.5) is 10.2 Å². The van der Waals surface area contributed by atoms with Gasteiger partial charge >= 0.3 is 5.97 Å². The lowest BCUT2D eigenvalue weighted by molar-refractivity contribution is -0.137. The Kier molecular flexibility index (Phi) is 8.77. The maximum atomic E-state index is 14.2. The summed E-state index contributed by atoms with van der Waals surface area (Å²) in [6, 6.07) is 11.7. The summed E-state index contributed by atoms with van der Waals surface area (Å²) in [6.45, 7) is 2.14. The minimum atomic E-state index is -0.787. The predicted octanol–water partition coefficient (Wildman–Crippen LogP) is 5.10. The number of carbonyl (C=O) groups is 1. The zero-order valence-electron chi connectivity index (χ0n) is 24.1. The number of likely N-dealkylation sites (N-methyl/N-ethyl adjacent to an activating group) is 1. The van der Waals surface area contributed by atoms with Gasteiger partial charge in [-0.25, -0.2) is 24.3 Å². The Bertz CT molecular complexity index is 1720. The van der Waals surface area contributed by atoms with Gasteiger partial charge in [0.15, 0.2) is 0 Å². The van der Waals surface area contributed by atoms with E-state index in [-0.39, 0.29) is 13.2 Å². The molecular weight excluding hydrogens is 553 g/mol. The van der Waals surface area contributed by atoms with Crippen molar-refractivity contribution >= 4 is 17.3 Å². The van der Waals surface area contributed by atoms with Crippen molar-refractivity contribution < 1.29 is 23.8 Å². The number of nitrogens with two attached hydrogens (primary N) is 1. The molecule has 3 N–H and O–H groups in total. The predicted molar refractivity (Wildman–Crippen MR) is 159 cm³/mol. The Hall–Kier alpha value is -5.10. The molecule has 1 aliphatic carbocycles. The number of benzene rings is 2. The van der Waals surface area contributed by atoms with Crippen LogP contribution in [0.15, 0.2) is 67.3 Å². The first-order chi connectivity index (χ1) is 20.7. The molecular formula is C31H32FN7O4. The third-order valence-corrected chi connectivity index (χ3v) is 6.45. The summed E-state index contributed by atoms with van der Waals surface area (Å²) in [5, 5.41) is 8.04. The Morgan fingerprint density at radius 3 is 2.40 bits per heavy atom. The van der Waals surface area contributed by atoms with Crippen LogP contribution in [-0.4, -0.2) is 61.0 Å². The molecule has 6 rings (SSSR count). The number of aliphatic carboxylic acids is 1. The van der Waals surface area contributed by atoms with Crippen LogP contribution in [0.2, 0.25) is 0 Å². The summed E-state index contributed by atoms with van der Waals surface area (Å²) in [6.07, 6.45) is 9.23. The van der Waals surface area contributed by atoms with E-state index in [9.17, 15) is 9.18 Å². The number of carboxylic acids is 1. The zero-order chi connectivity index (χ0) is 30.5. The van der Waals surface area contributed by atoms with E-state index in [1.54, 1.807) is 43.7 Å². The zero-order valence-corrected chi connectivity index (χ0v) is 24.1. The van der Waals surface area contributed by atoms with E-state index in [1.165, 1.54) is 12.1 Å². The lowest BCUT2D eigenvalue weighted by Gasteiger charge is -2.10. The molecule has 0 radical (unpaired) electrons. The van der Waals surface area contributed by atoms with Crippen molar-refractivity contribution in [3.63, 3.8) is 0 Å². The first kappa shape index (κ1) is 29.4. The van der Waals surface area contributed by atoms with Gasteiger partial charge in [-0.15, -0.1) is 0 Å². The molecule has 43 heavy (non-hydrogen) atoms. The Morgan fingerprint density at radius 2 is 1.77 bits per heavy atom. The third kappa shape index (κ3) is 7.60. The van der Waals surface area contributed by atoms with Crippen LogP contribution in [0.25, 0.3) is 16.8 Å². The summed E-state index contributed by atoms with van der Waals surface area (Å²) >= 11 is 0. The maximum Gasteiger partial charge on any atom is 0.317 e. The minimum Gasteiger partial charge on any atom is -0.489 e. The quantitative estimate of drug-likeness (QED) is 0.240. The van der Waals surface area contributed by atoms with Crippen LogP contribution in [0.1, 0.15) is 36.0 Å². The van der Waals surface area contributed by atoms with Crippen molar-refractivity contribution in [1.82, 2.24) is 29.2 Å². The number of nitrogens with zero attached hydrogens (tertiary/aromatic N) is 6. The van der Waals surface area contributed by atoms with Gasteiger partial charge < -0.3 is 20.3 Å². The van der Waals surface area contributed by atoms with Gasteiger partial charge in [0.1, 0.15) is 58.3 Å². The Labute approximate surface area is 247 Å². The number of hydrogen-bond donors (Lipinski definition) is 2. The fourth-order valence-corrected chi connectivity index (χ4v) is 4.35. The molecule has 1 aliphatic rings. The van der Waals surface area contributed by atoms with Gasteiger partial charge in [-0.2, -0.15) is 0 Å². The van der Waals surface area contributed by atoms with E-state index in [1.807, 2.05) is 41.8 Å². The number of imidazole rings is 1. The van der Waals surface area contributed by atoms with E-state index < -0.39 is 11.8 Å². The van der Waals surface area contributed by atoms with Crippen molar-refractivity contribution in [3.8, 4) is 28.5 Å². The van der Waals surface area contributed by atoms with Crippen LogP contribution < -0.4 is 15.2 Å². The fraction of sp³-hybridized carbons (Fsp3) is 0.258. The van der Waals surface area contributed by atoms with E-state index in [2.05, 4.69) is 15.0 Å². The molecule has 2 aromatic carbocycles. The van der Waals surface area contributed by atoms with E-state index in [0.717, 1.165) is 41.0 Å². The van der Waals surface area contributed by atoms with Gasteiger partial charge in [0.05, 0.1) is 6.54 Å². The number of aromatic nitrogens is 5. The highest BCUT2D eigenvalue weighted by Gasteiger charge is 2.30. The molecule has 11 nitrogen and oxygen atoms in total. The van der Waals surface area contributed by atoms with Gasteiger partial charge in [-0.05, 0) is 58.1 Å². The summed E-state index contributed by atoms with van der Waals surface area (Å²) < 4.78 is 27.9. The molecule has 0 bridgehead atoms. The molecule has 3 aromatic heterocycles. The monoisotopic (exact) mass is 585 g/mol. The highest BCUT2D eigenvalue weighted by molar-refractivity contribution is 5.85. The highest BCUT2D eigenvalue weighted by atomic mass is 19.1. The smallest absolute Gasteiger partial charge is 0.317 e. The fourth-order valence-electron chi connectivity index (χ4n) is 4.35. The average Bonchev–Trinajstić information content (AvgIpc) is 3.72. The number of aryl methyl sites for hydroxylation is 1. The first-order valence-electron chi connectivity index (χ1n) is 13.6. The van der Waals surface area contributed by atoms with E-state index >= 15 is 0 Å². The van der Waals surface area contributed by atoms with Crippen LogP contribution >= 0.6 is 0 Å². The lowest BCUT2D eigenvalue weighted by Crippen LogP contribution is -2.20. The Balaban J connectivity index is 0.000000472. The number of hydrogen-bond acceptors (Lipinski definition) is 9. The largest absolute Gasteiger partial charge is 0.489 e. The topological polar surface area (TPSA) is 141 Å². The molecule has 1 fully saturated rings. The second-order valence-corrected chi connectivity index (χ2v) is 10.4. The van der Waals surface area contributed by atoms with Gasteiger partial charge in [0.25, 0.3) is 0 Å². The maximum absolute atomic E-state index is 14.2. The minimum absolute atomic E-state index is 0.111. The van der Waals surface area contributed by atoms with Gasteiger partial charge in [0, 0.05) is 60.0 Å². The number of ether oxygens (including phenoxy) is 2. The molecule has 0 aliphatic heterocycles. The molecule has 5 aromatic rings. The number of halogens is 1. The molecule has 1 saturated carbocycles. The van der Waals surface area contributed by atoms with Gasteiger partial charge in [-0.1, -0.05) is 0 Å². The second kappa shape index (κ2) is 12.8. The summed E-state index contributed by atoms with van der Waals surface area (Å²) in [4.78, 5) is 28.8. The van der Waals surface area contributed by atoms with Crippen LogP contribution in [0.5, 0.6) is 17.2 Å². The lowest BCUT2D eigenvalue weighted by atomic mass is 10.1. The number of rotatable bonds is 9.